The smallest absolute Gasteiger partial charge is 0.135 e. The van der Waals surface area contributed by atoms with Crippen LogP contribution >= 0.6 is 0 Å². The van der Waals surface area contributed by atoms with Crippen LogP contribution < -0.4 is 15.5 Å². The highest BCUT2D eigenvalue weighted by Gasteiger charge is 2.06. The van der Waals surface area contributed by atoms with Crippen LogP contribution in [-0.4, -0.2) is 29.6 Å². The van der Waals surface area contributed by atoms with E-state index in [9.17, 15) is 0 Å². The molecular formula is C18H27N5. The lowest BCUT2D eigenvalue weighted by Gasteiger charge is -2.22. The summed E-state index contributed by atoms with van der Waals surface area (Å²) in [7, 11) is 0. The van der Waals surface area contributed by atoms with Crippen molar-refractivity contribution in [3.8, 4) is 0 Å². The fraction of sp³-hybridized carbons (Fsp3) is 0.444. The largest absolute Gasteiger partial charge is 0.372 e. The van der Waals surface area contributed by atoms with Crippen molar-refractivity contribution in [2.75, 3.05) is 35.2 Å². The zero-order valence-corrected chi connectivity index (χ0v) is 14.6. The van der Waals surface area contributed by atoms with E-state index in [4.69, 9.17) is 0 Å². The van der Waals surface area contributed by atoms with Gasteiger partial charge >= 0.3 is 0 Å². The summed E-state index contributed by atoms with van der Waals surface area (Å²) in [6, 6.07) is 8.42. The molecule has 0 saturated carbocycles. The monoisotopic (exact) mass is 313 g/mol. The first-order chi connectivity index (χ1) is 11.2. The minimum atomic E-state index is 0.803. The highest BCUT2D eigenvalue weighted by Crippen LogP contribution is 2.25. The molecule has 2 N–H and O–H groups in total. The van der Waals surface area contributed by atoms with Gasteiger partial charge in [0.15, 0.2) is 0 Å². The average Bonchev–Trinajstić information content (AvgIpc) is 2.57. The first-order valence-electron chi connectivity index (χ1n) is 8.36. The molecule has 2 rings (SSSR count). The summed E-state index contributed by atoms with van der Waals surface area (Å²) in [5, 5.41) is 6.66. The van der Waals surface area contributed by atoms with Crippen molar-refractivity contribution in [1.29, 1.82) is 0 Å². The first-order valence-corrected chi connectivity index (χ1v) is 8.36. The van der Waals surface area contributed by atoms with Gasteiger partial charge in [-0.2, -0.15) is 0 Å². The summed E-state index contributed by atoms with van der Waals surface area (Å²) in [6.07, 6.45) is 2.65. The number of aryl methyl sites for hydroxylation is 1. The number of anilines is 4. The summed E-state index contributed by atoms with van der Waals surface area (Å²) in [5.74, 6) is 1.65. The third kappa shape index (κ3) is 4.58. The van der Waals surface area contributed by atoms with Crippen LogP contribution in [-0.2, 0) is 0 Å². The van der Waals surface area contributed by atoms with Crippen LogP contribution in [0.1, 0.15) is 32.8 Å². The molecule has 0 amide bonds. The summed E-state index contributed by atoms with van der Waals surface area (Å²) < 4.78 is 0. The number of rotatable bonds is 8. The molecular weight excluding hydrogens is 286 g/mol. The molecule has 124 valence electrons. The molecule has 0 fully saturated rings. The predicted molar refractivity (Wildman–Crippen MR) is 98.8 cm³/mol. The minimum Gasteiger partial charge on any atom is -0.372 e. The van der Waals surface area contributed by atoms with E-state index >= 15 is 0 Å². The molecule has 0 bridgehead atoms. The number of benzene rings is 1. The second kappa shape index (κ2) is 8.36. The molecule has 1 aromatic carbocycles. The van der Waals surface area contributed by atoms with Crippen molar-refractivity contribution < 1.29 is 0 Å². The van der Waals surface area contributed by atoms with Gasteiger partial charge in [0.05, 0.1) is 0 Å². The molecule has 1 heterocycles. The van der Waals surface area contributed by atoms with Crippen molar-refractivity contribution in [1.82, 2.24) is 9.97 Å². The van der Waals surface area contributed by atoms with E-state index in [2.05, 4.69) is 71.4 Å². The first kappa shape index (κ1) is 17.1. The van der Waals surface area contributed by atoms with Crippen LogP contribution in [0.25, 0.3) is 0 Å². The van der Waals surface area contributed by atoms with E-state index in [1.54, 1.807) is 6.33 Å². The van der Waals surface area contributed by atoms with E-state index in [0.29, 0.717) is 0 Å². The lowest BCUT2D eigenvalue weighted by Crippen LogP contribution is -2.21. The molecule has 0 atom stereocenters. The van der Waals surface area contributed by atoms with Crippen LogP contribution in [0.4, 0.5) is 23.0 Å². The molecule has 0 saturated heterocycles. The van der Waals surface area contributed by atoms with Crippen LogP contribution in [0.5, 0.6) is 0 Å². The second-order valence-electron chi connectivity index (χ2n) is 5.51. The number of aromatic nitrogens is 2. The van der Waals surface area contributed by atoms with E-state index in [-0.39, 0.29) is 0 Å². The SMILES string of the molecule is CCCNc1cc(Nc2ccc(N(CC)CC)cc2C)ncn1. The Morgan fingerprint density at radius 1 is 1.00 bits per heavy atom. The number of nitrogens with zero attached hydrogens (tertiary/aromatic N) is 3. The summed E-state index contributed by atoms with van der Waals surface area (Å²) in [5.41, 5.74) is 3.53. The lowest BCUT2D eigenvalue weighted by atomic mass is 10.1. The van der Waals surface area contributed by atoms with Crippen LogP contribution in [0.2, 0.25) is 0 Å². The Kier molecular flexibility index (Phi) is 6.20. The number of hydrogen-bond acceptors (Lipinski definition) is 5. The Morgan fingerprint density at radius 2 is 1.74 bits per heavy atom. The zero-order valence-electron chi connectivity index (χ0n) is 14.6. The molecule has 1 aromatic heterocycles. The highest BCUT2D eigenvalue weighted by atomic mass is 15.1. The van der Waals surface area contributed by atoms with Crippen molar-refractivity contribution in [3.05, 3.63) is 36.2 Å². The van der Waals surface area contributed by atoms with Gasteiger partial charge in [-0.15, -0.1) is 0 Å². The van der Waals surface area contributed by atoms with E-state index in [1.165, 1.54) is 11.3 Å². The average molecular weight is 313 g/mol. The highest BCUT2D eigenvalue weighted by molar-refractivity contribution is 5.66. The normalized spacial score (nSPS) is 10.4. The molecule has 2 aromatic rings. The van der Waals surface area contributed by atoms with Crippen LogP contribution in [0, 0.1) is 6.92 Å². The Balaban J connectivity index is 2.14. The second-order valence-corrected chi connectivity index (χ2v) is 5.51. The van der Waals surface area contributed by atoms with Gasteiger partial charge in [-0.1, -0.05) is 6.92 Å². The predicted octanol–water partition coefficient (Wildman–Crippen LogP) is 4.20. The summed E-state index contributed by atoms with van der Waals surface area (Å²) >= 11 is 0. The fourth-order valence-corrected chi connectivity index (χ4v) is 2.49. The van der Waals surface area contributed by atoms with Gasteiger partial charge in [0, 0.05) is 37.1 Å². The third-order valence-electron chi connectivity index (χ3n) is 3.82. The molecule has 0 aliphatic heterocycles. The standard InChI is InChI=1S/C18H27N5/c1-5-10-19-17-12-18(21-13-20-17)22-16-9-8-15(11-14(16)4)23(6-2)7-3/h8-9,11-13H,5-7,10H2,1-4H3,(H2,19,20,21,22). The summed E-state index contributed by atoms with van der Waals surface area (Å²) in [4.78, 5) is 10.9. The van der Waals surface area contributed by atoms with E-state index in [1.807, 2.05) is 6.07 Å². The molecule has 5 nitrogen and oxygen atoms in total. The maximum Gasteiger partial charge on any atom is 0.135 e. The van der Waals surface area contributed by atoms with Gasteiger partial charge in [0.1, 0.15) is 18.0 Å². The fourth-order valence-electron chi connectivity index (χ4n) is 2.49. The van der Waals surface area contributed by atoms with Crippen molar-refractivity contribution in [3.63, 3.8) is 0 Å². The minimum absolute atomic E-state index is 0.803. The van der Waals surface area contributed by atoms with Gasteiger partial charge < -0.3 is 15.5 Å². The van der Waals surface area contributed by atoms with Crippen LogP contribution in [0.15, 0.2) is 30.6 Å². The van der Waals surface area contributed by atoms with Gasteiger partial charge in [0.25, 0.3) is 0 Å². The van der Waals surface area contributed by atoms with E-state index < -0.39 is 0 Å². The zero-order chi connectivity index (χ0) is 16.7. The van der Waals surface area contributed by atoms with Crippen LogP contribution in [0.3, 0.4) is 0 Å². The van der Waals surface area contributed by atoms with Crippen molar-refractivity contribution >= 4 is 23.0 Å². The molecule has 0 radical (unpaired) electrons. The van der Waals surface area contributed by atoms with Crippen molar-refractivity contribution in [2.45, 2.75) is 34.1 Å². The number of hydrogen-bond donors (Lipinski definition) is 2. The molecule has 0 unspecified atom stereocenters. The van der Waals surface area contributed by atoms with Crippen molar-refractivity contribution in [2.24, 2.45) is 0 Å². The Bertz CT molecular complexity index is 623. The molecule has 5 heteroatoms. The molecule has 0 spiro atoms. The number of nitrogens with one attached hydrogen (secondary N) is 2. The molecule has 0 aliphatic carbocycles. The molecule has 0 aliphatic rings. The maximum absolute atomic E-state index is 4.30. The summed E-state index contributed by atoms with van der Waals surface area (Å²) in [6.45, 7) is 11.5. The van der Waals surface area contributed by atoms with Gasteiger partial charge in [-0.3, -0.25) is 0 Å². The third-order valence-corrected chi connectivity index (χ3v) is 3.82. The molecule has 23 heavy (non-hydrogen) atoms. The topological polar surface area (TPSA) is 53.1 Å². The Labute approximate surface area is 139 Å². The maximum atomic E-state index is 4.30. The Hall–Kier alpha value is -2.30. The lowest BCUT2D eigenvalue weighted by molar-refractivity contribution is 0.866. The van der Waals surface area contributed by atoms with Gasteiger partial charge in [0.2, 0.25) is 0 Å². The Morgan fingerprint density at radius 3 is 2.39 bits per heavy atom. The quantitative estimate of drug-likeness (QED) is 0.765. The van der Waals surface area contributed by atoms with Gasteiger partial charge in [-0.05, 0) is 51.0 Å². The van der Waals surface area contributed by atoms with E-state index in [0.717, 1.165) is 43.4 Å². The van der Waals surface area contributed by atoms with Gasteiger partial charge in [-0.25, -0.2) is 9.97 Å².